The predicted molar refractivity (Wildman–Crippen MR) is 84.2 cm³/mol. The van der Waals surface area contributed by atoms with E-state index in [1.165, 1.54) is 24.4 Å². The molecule has 0 aliphatic carbocycles. The number of pyridine rings is 1. The third-order valence-electron chi connectivity index (χ3n) is 3.25. The molecule has 7 nitrogen and oxygen atoms in total. The first-order valence-electron chi connectivity index (χ1n) is 6.91. The molecule has 8 heteroatoms. The minimum Gasteiger partial charge on any atom is -0.366 e. The normalized spacial score (nSPS) is 10.4. The van der Waals surface area contributed by atoms with Crippen molar-refractivity contribution in [2.24, 2.45) is 5.73 Å². The van der Waals surface area contributed by atoms with Gasteiger partial charge < -0.3 is 11.1 Å². The maximum Gasteiger partial charge on any atom is 0.274 e. The van der Waals surface area contributed by atoms with Crippen LogP contribution in [0, 0.1) is 5.82 Å². The Balaban J connectivity index is 1.83. The van der Waals surface area contributed by atoms with E-state index in [0.29, 0.717) is 5.69 Å². The van der Waals surface area contributed by atoms with E-state index in [0.717, 1.165) is 6.07 Å². The van der Waals surface area contributed by atoms with Crippen molar-refractivity contribution >= 4 is 17.5 Å². The summed E-state index contributed by atoms with van der Waals surface area (Å²) in [4.78, 5) is 27.2. The summed E-state index contributed by atoms with van der Waals surface area (Å²) in [7, 11) is 0. The molecule has 0 fully saturated rings. The average Bonchev–Trinajstić information content (AvgIpc) is 3.11. The first-order valence-corrected chi connectivity index (χ1v) is 6.91. The lowest BCUT2D eigenvalue weighted by Gasteiger charge is -2.08. The van der Waals surface area contributed by atoms with Crippen LogP contribution in [0.3, 0.4) is 0 Å². The van der Waals surface area contributed by atoms with Crippen LogP contribution in [-0.4, -0.2) is 26.6 Å². The van der Waals surface area contributed by atoms with Crippen molar-refractivity contribution in [3.05, 3.63) is 72.1 Å². The van der Waals surface area contributed by atoms with Crippen molar-refractivity contribution in [3.63, 3.8) is 0 Å². The summed E-state index contributed by atoms with van der Waals surface area (Å²) < 4.78 is 15.5. The van der Waals surface area contributed by atoms with Crippen molar-refractivity contribution < 1.29 is 14.0 Å². The molecule has 0 aliphatic rings. The fourth-order valence-corrected chi connectivity index (χ4v) is 2.06. The maximum absolute atomic E-state index is 13.9. The summed E-state index contributed by atoms with van der Waals surface area (Å²) >= 11 is 0. The molecule has 0 spiro atoms. The highest BCUT2D eigenvalue weighted by atomic mass is 19.1. The zero-order valence-corrected chi connectivity index (χ0v) is 12.3. The van der Waals surface area contributed by atoms with Gasteiger partial charge in [0.1, 0.15) is 11.5 Å². The van der Waals surface area contributed by atoms with E-state index in [1.807, 2.05) is 0 Å². The smallest absolute Gasteiger partial charge is 0.274 e. The Morgan fingerprint density at radius 1 is 1.17 bits per heavy atom. The Morgan fingerprint density at radius 3 is 2.67 bits per heavy atom. The lowest BCUT2D eigenvalue weighted by molar-refractivity contribution is 0.0997. The van der Waals surface area contributed by atoms with Crippen molar-refractivity contribution in [2.75, 3.05) is 5.32 Å². The summed E-state index contributed by atoms with van der Waals surface area (Å²) in [6.45, 7) is 0. The van der Waals surface area contributed by atoms with Gasteiger partial charge in [0, 0.05) is 24.2 Å². The van der Waals surface area contributed by atoms with Gasteiger partial charge in [-0.25, -0.2) is 9.07 Å². The van der Waals surface area contributed by atoms with Crippen molar-refractivity contribution in [1.82, 2.24) is 14.8 Å². The Labute approximate surface area is 135 Å². The van der Waals surface area contributed by atoms with Gasteiger partial charge in [0.25, 0.3) is 5.91 Å². The first-order chi connectivity index (χ1) is 11.5. The minimum atomic E-state index is -0.761. The number of amides is 2. The third-order valence-corrected chi connectivity index (χ3v) is 3.25. The number of nitrogens with two attached hydrogens (primary N) is 1. The van der Waals surface area contributed by atoms with Gasteiger partial charge in [-0.3, -0.25) is 14.6 Å². The highest BCUT2D eigenvalue weighted by molar-refractivity contribution is 6.03. The molecule has 2 amide bonds. The standard InChI is InChI=1S/C16H12FN5O2/c17-12-8-10(15(18)23)2-3-13(12)21-16(24)14-9-11(4-6-19-14)22-7-1-5-20-22/h1-9H,(H2,18,23)(H,21,24). The van der Waals surface area contributed by atoms with E-state index < -0.39 is 17.6 Å². The van der Waals surface area contributed by atoms with Gasteiger partial charge in [0.2, 0.25) is 5.91 Å². The Morgan fingerprint density at radius 2 is 2.00 bits per heavy atom. The second-order valence-corrected chi connectivity index (χ2v) is 4.86. The second-order valence-electron chi connectivity index (χ2n) is 4.86. The Bertz CT molecular complexity index is 909. The molecule has 1 aromatic carbocycles. The highest BCUT2D eigenvalue weighted by Gasteiger charge is 2.13. The molecule has 0 saturated carbocycles. The number of hydrogen-bond acceptors (Lipinski definition) is 4. The van der Waals surface area contributed by atoms with Gasteiger partial charge in [-0.2, -0.15) is 5.10 Å². The summed E-state index contributed by atoms with van der Waals surface area (Å²) in [6, 6.07) is 8.52. The number of rotatable bonds is 4. The fraction of sp³-hybridized carbons (Fsp3) is 0. The summed E-state index contributed by atoms with van der Waals surface area (Å²) in [5, 5.41) is 6.47. The number of aromatic nitrogens is 3. The zero-order chi connectivity index (χ0) is 17.1. The Hall–Kier alpha value is -3.55. The fourth-order valence-electron chi connectivity index (χ4n) is 2.06. The molecule has 0 radical (unpaired) electrons. The molecule has 3 rings (SSSR count). The highest BCUT2D eigenvalue weighted by Crippen LogP contribution is 2.17. The molecule has 0 atom stereocenters. The van der Waals surface area contributed by atoms with E-state index in [1.54, 1.807) is 29.2 Å². The van der Waals surface area contributed by atoms with Gasteiger partial charge >= 0.3 is 0 Å². The lowest BCUT2D eigenvalue weighted by atomic mass is 10.2. The molecule has 2 heterocycles. The number of benzene rings is 1. The molecule has 0 bridgehead atoms. The van der Waals surface area contributed by atoms with Gasteiger partial charge in [-0.05, 0) is 36.4 Å². The number of anilines is 1. The number of halogens is 1. The molecule has 0 aliphatic heterocycles. The van der Waals surface area contributed by atoms with Crippen LogP contribution in [0.15, 0.2) is 55.0 Å². The van der Waals surface area contributed by atoms with Crippen molar-refractivity contribution in [1.29, 1.82) is 0 Å². The van der Waals surface area contributed by atoms with Crippen molar-refractivity contribution in [2.45, 2.75) is 0 Å². The summed E-state index contributed by atoms with van der Waals surface area (Å²) in [5.41, 5.74) is 5.76. The van der Waals surface area contributed by atoms with Gasteiger partial charge in [0.15, 0.2) is 0 Å². The van der Waals surface area contributed by atoms with E-state index in [-0.39, 0.29) is 16.9 Å². The number of hydrogen-bond donors (Lipinski definition) is 2. The molecular formula is C16H12FN5O2. The number of nitrogens with zero attached hydrogens (tertiary/aromatic N) is 3. The van der Waals surface area contributed by atoms with Gasteiger partial charge in [-0.1, -0.05) is 0 Å². The molecule has 0 unspecified atom stereocenters. The topological polar surface area (TPSA) is 103 Å². The Kier molecular flexibility index (Phi) is 4.02. The monoisotopic (exact) mass is 325 g/mol. The van der Waals surface area contributed by atoms with Gasteiger partial charge in [-0.15, -0.1) is 0 Å². The van der Waals surface area contributed by atoms with E-state index in [9.17, 15) is 14.0 Å². The quantitative estimate of drug-likeness (QED) is 0.763. The molecule has 0 saturated heterocycles. The van der Waals surface area contributed by atoms with Crippen LogP contribution in [0.4, 0.5) is 10.1 Å². The van der Waals surface area contributed by atoms with Crippen LogP contribution in [0.2, 0.25) is 0 Å². The van der Waals surface area contributed by atoms with Crippen LogP contribution in [0.25, 0.3) is 5.69 Å². The third kappa shape index (κ3) is 3.12. The molecule has 120 valence electrons. The van der Waals surface area contributed by atoms with Crippen LogP contribution >= 0.6 is 0 Å². The number of carbonyl (C=O) groups is 2. The molecular weight excluding hydrogens is 313 g/mol. The second kappa shape index (κ2) is 6.29. The average molecular weight is 325 g/mol. The number of nitrogens with one attached hydrogen (secondary N) is 1. The maximum atomic E-state index is 13.9. The molecule has 24 heavy (non-hydrogen) atoms. The number of primary amides is 1. The minimum absolute atomic E-state index is 0.0179. The molecule has 2 aromatic heterocycles. The van der Waals surface area contributed by atoms with Gasteiger partial charge in [0.05, 0.1) is 11.4 Å². The SMILES string of the molecule is NC(=O)c1ccc(NC(=O)c2cc(-n3cccn3)ccn2)c(F)c1. The molecule has 3 aromatic rings. The van der Waals surface area contributed by atoms with Crippen LogP contribution in [-0.2, 0) is 0 Å². The molecule has 3 N–H and O–H groups in total. The largest absolute Gasteiger partial charge is 0.366 e. The van der Waals surface area contributed by atoms with E-state index in [4.69, 9.17) is 5.73 Å². The van der Waals surface area contributed by atoms with E-state index in [2.05, 4.69) is 15.4 Å². The number of carbonyl (C=O) groups excluding carboxylic acids is 2. The predicted octanol–water partition coefficient (Wildman–Crippen LogP) is 1.76. The van der Waals surface area contributed by atoms with Crippen molar-refractivity contribution in [3.8, 4) is 5.69 Å². The van der Waals surface area contributed by atoms with Crippen LogP contribution in [0.5, 0.6) is 0 Å². The van der Waals surface area contributed by atoms with Crippen LogP contribution in [0.1, 0.15) is 20.8 Å². The van der Waals surface area contributed by atoms with Crippen LogP contribution < -0.4 is 11.1 Å². The summed E-state index contributed by atoms with van der Waals surface area (Å²) in [5.74, 6) is -2.10. The summed E-state index contributed by atoms with van der Waals surface area (Å²) in [6.07, 6.45) is 4.79. The lowest BCUT2D eigenvalue weighted by Crippen LogP contribution is -2.16. The zero-order valence-electron chi connectivity index (χ0n) is 12.3. The first kappa shape index (κ1) is 15.3. The van der Waals surface area contributed by atoms with E-state index >= 15 is 0 Å².